The maximum Gasteiger partial charge on any atom is 0.0648 e. The molecule has 0 saturated carbocycles. The summed E-state index contributed by atoms with van der Waals surface area (Å²) < 4.78 is 0. The number of rotatable bonds is 1. The van der Waals surface area contributed by atoms with Gasteiger partial charge in [-0.15, -0.1) is 0 Å². The highest BCUT2D eigenvalue weighted by molar-refractivity contribution is 5.13. The molecule has 13 heavy (non-hydrogen) atoms. The lowest BCUT2D eigenvalue weighted by Gasteiger charge is -2.37. The summed E-state index contributed by atoms with van der Waals surface area (Å²) in [6.45, 7) is 11.1. The maximum absolute atomic E-state index is 4.35. The van der Waals surface area contributed by atoms with Crippen molar-refractivity contribution in [3.05, 3.63) is 24.3 Å². The molecule has 0 amide bonds. The first kappa shape index (κ1) is 10.2. The van der Waals surface area contributed by atoms with Gasteiger partial charge < -0.3 is 0 Å². The number of hydrogen-bond acceptors (Lipinski definition) is 2. The molecule has 1 heterocycles. The van der Waals surface area contributed by atoms with Crippen LogP contribution in [0.5, 0.6) is 0 Å². The Morgan fingerprint density at radius 1 is 1.00 bits per heavy atom. The third kappa shape index (κ3) is 1.87. The Morgan fingerprint density at radius 3 is 2.00 bits per heavy atom. The van der Waals surface area contributed by atoms with Gasteiger partial charge in [0.1, 0.15) is 0 Å². The van der Waals surface area contributed by atoms with E-state index < -0.39 is 0 Å². The molecule has 2 heteroatoms. The highest BCUT2D eigenvalue weighted by Crippen LogP contribution is 2.39. The molecular weight excluding hydrogens is 160 g/mol. The largest absolute Gasteiger partial charge is 0.261 e. The van der Waals surface area contributed by atoms with Crippen LogP contribution < -0.4 is 0 Å². The molecule has 0 saturated heterocycles. The summed E-state index contributed by atoms with van der Waals surface area (Å²) in [5.41, 5.74) is 1.31. The molecule has 0 bridgehead atoms. The van der Waals surface area contributed by atoms with Gasteiger partial charge in [0.15, 0.2) is 0 Å². The van der Waals surface area contributed by atoms with Crippen LogP contribution in [0.1, 0.15) is 40.3 Å². The van der Waals surface area contributed by atoms with Crippen molar-refractivity contribution in [3.8, 4) is 0 Å². The molecule has 0 radical (unpaired) electrons. The van der Waals surface area contributed by atoms with E-state index in [4.69, 9.17) is 0 Å². The van der Waals surface area contributed by atoms with Crippen molar-refractivity contribution < 1.29 is 0 Å². The topological polar surface area (TPSA) is 25.8 Å². The fraction of sp³-hybridized carbons (Fsp3) is 0.636. The second-order valence-corrected chi connectivity index (χ2v) is 4.97. The summed E-state index contributed by atoms with van der Waals surface area (Å²) in [5, 5.41) is 0. The SMILES string of the molecule is CC(C)(C)C(C)(C)c1cnccn1. The van der Waals surface area contributed by atoms with Crippen molar-refractivity contribution in [1.82, 2.24) is 9.97 Å². The third-order valence-corrected chi connectivity index (χ3v) is 3.08. The lowest BCUT2D eigenvalue weighted by atomic mass is 9.67. The minimum Gasteiger partial charge on any atom is -0.261 e. The van der Waals surface area contributed by atoms with Gasteiger partial charge in [-0.25, -0.2) is 0 Å². The van der Waals surface area contributed by atoms with Gasteiger partial charge in [-0.3, -0.25) is 9.97 Å². The Labute approximate surface area is 80.4 Å². The van der Waals surface area contributed by atoms with Crippen molar-refractivity contribution >= 4 is 0 Å². The summed E-state index contributed by atoms with van der Waals surface area (Å²) in [7, 11) is 0. The van der Waals surface area contributed by atoms with Gasteiger partial charge in [0, 0.05) is 24.0 Å². The molecule has 0 aliphatic rings. The zero-order valence-corrected chi connectivity index (χ0v) is 9.13. The first-order valence-electron chi connectivity index (χ1n) is 4.62. The van der Waals surface area contributed by atoms with Crippen LogP contribution in [0.15, 0.2) is 18.6 Å². The predicted octanol–water partition coefficient (Wildman–Crippen LogP) is 2.80. The predicted molar refractivity (Wildman–Crippen MR) is 54.5 cm³/mol. The van der Waals surface area contributed by atoms with E-state index in [0.29, 0.717) is 0 Å². The van der Waals surface area contributed by atoms with Crippen molar-refractivity contribution in [2.24, 2.45) is 5.41 Å². The van der Waals surface area contributed by atoms with E-state index in [1.54, 1.807) is 12.4 Å². The zero-order chi connectivity index (χ0) is 10.1. The summed E-state index contributed by atoms with van der Waals surface area (Å²) in [6.07, 6.45) is 5.32. The van der Waals surface area contributed by atoms with E-state index in [0.717, 1.165) is 5.69 Å². The maximum atomic E-state index is 4.35. The van der Waals surface area contributed by atoms with Gasteiger partial charge in [-0.05, 0) is 5.41 Å². The van der Waals surface area contributed by atoms with Crippen molar-refractivity contribution in [2.75, 3.05) is 0 Å². The molecule has 1 rings (SSSR count). The van der Waals surface area contributed by atoms with Gasteiger partial charge in [-0.2, -0.15) is 0 Å². The fourth-order valence-electron chi connectivity index (χ4n) is 1.01. The summed E-state index contributed by atoms with van der Waals surface area (Å²) in [6, 6.07) is 0. The Hall–Kier alpha value is -0.920. The average Bonchev–Trinajstić information content (AvgIpc) is 2.04. The monoisotopic (exact) mass is 178 g/mol. The second-order valence-electron chi connectivity index (χ2n) is 4.97. The molecule has 0 N–H and O–H groups in total. The van der Waals surface area contributed by atoms with E-state index >= 15 is 0 Å². The van der Waals surface area contributed by atoms with E-state index in [-0.39, 0.29) is 10.8 Å². The molecular formula is C11H18N2. The van der Waals surface area contributed by atoms with Crippen LogP contribution in [0, 0.1) is 5.41 Å². The molecule has 2 nitrogen and oxygen atoms in total. The van der Waals surface area contributed by atoms with Gasteiger partial charge in [0.2, 0.25) is 0 Å². The van der Waals surface area contributed by atoms with E-state index in [1.165, 1.54) is 0 Å². The highest BCUT2D eigenvalue weighted by Gasteiger charge is 2.35. The molecule has 1 aromatic rings. The molecule has 0 atom stereocenters. The molecule has 0 aliphatic heterocycles. The molecule has 1 aromatic heterocycles. The van der Waals surface area contributed by atoms with Crippen molar-refractivity contribution in [3.63, 3.8) is 0 Å². The van der Waals surface area contributed by atoms with Gasteiger partial charge in [0.25, 0.3) is 0 Å². The molecule has 72 valence electrons. The number of aromatic nitrogens is 2. The van der Waals surface area contributed by atoms with Gasteiger partial charge >= 0.3 is 0 Å². The van der Waals surface area contributed by atoms with Crippen LogP contribution in [0.3, 0.4) is 0 Å². The third-order valence-electron chi connectivity index (χ3n) is 3.08. The summed E-state index contributed by atoms with van der Waals surface area (Å²) in [4.78, 5) is 8.46. The summed E-state index contributed by atoms with van der Waals surface area (Å²) in [5.74, 6) is 0. The quantitative estimate of drug-likeness (QED) is 0.661. The van der Waals surface area contributed by atoms with Crippen LogP contribution in [0.2, 0.25) is 0 Å². The minimum atomic E-state index is 0.0568. The molecule has 0 aliphatic carbocycles. The van der Waals surface area contributed by atoms with E-state index in [1.807, 2.05) is 6.20 Å². The lowest BCUT2D eigenvalue weighted by molar-refractivity contribution is 0.219. The Kier molecular flexibility index (Phi) is 2.42. The average molecular weight is 178 g/mol. The normalized spacial score (nSPS) is 13.0. The van der Waals surface area contributed by atoms with Gasteiger partial charge in [0.05, 0.1) is 5.69 Å². The van der Waals surface area contributed by atoms with Crippen LogP contribution >= 0.6 is 0 Å². The van der Waals surface area contributed by atoms with E-state index in [9.17, 15) is 0 Å². The number of hydrogen-bond donors (Lipinski definition) is 0. The second kappa shape index (κ2) is 3.09. The van der Waals surface area contributed by atoms with Crippen LogP contribution in [0.25, 0.3) is 0 Å². The number of nitrogens with zero attached hydrogens (tertiary/aromatic N) is 2. The van der Waals surface area contributed by atoms with Crippen molar-refractivity contribution in [1.29, 1.82) is 0 Å². The zero-order valence-electron chi connectivity index (χ0n) is 9.13. The molecule has 0 aromatic carbocycles. The van der Waals surface area contributed by atoms with Crippen LogP contribution in [0.4, 0.5) is 0 Å². The van der Waals surface area contributed by atoms with E-state index in [2.05, 4.69) is 44.6 Å². The molecule has 0 unspecified atom stereocenters. The molecule has 0 spiro atoms. The van der Waals surface area contributed by atoms with Gasteiger partial charge in [-0.1, -0.05) is 34.6 Å². The summed E-state index contributed by atoms with van der Waals surface area (Å²) >= 11 is 0. The van der Waals surface area contributed by atoms with Crippen molar-refractivity contribution in [2.45, 2.75) is 40.0 Å². The Morgan fingerprint density at radius 2 is 1.62 bits per heavy atom. The smallest absolute Gasteiger partial charge is 0.0648 e. The molecule has 0 fully saturated rings. The first-order chi connectivity index (χ1) is 5.86. The highest BCUT2D eigenvalue weighted by atomic mass is 14.8. The standard InChI is InChI=1S/C11H18N2/c1-10(2,3)11(4,5)9-8-12-6-7-13-9/h6-8H,1-5H3. The Balaban J connectivity index is 3.08. The minimum absolute atomic E-state index is 0.0568. The lowest BCUT2D eigenvalue weighted by Crippen LogP contribution is -2.34. The first-order valence-corrected chi connectivity index (χ1v) is 4.62. The van der Waals surface area contributed by atoms with Crippen LogP contribution in [-0.4, -0.2) is 9.97 Å². The Bertz CT molecular complexity index is 270. The van der Waals surface area contributed by atoms with Crippen LogP contribution in [-0.2, 0) is 5.41 Å². The fourth-order valence-corrected chi connectivity index (χ4v) is 1.01.